The SMILES string of the molecule is CCOC1=C(OC)C(c2ccccc2)=NN(CC)N1CC. The van der Waals surface area contributed by atoms with E-state index in [9.17, 15) is 0 Å². The Balaban J connectivity index is 2.53. The van der Waals surface area contributed by atoms with E-state index in [0.717, 1.165) is 30.2 Å². The number of allylic oxidation sites excluding steroid dienone is 1. The molecule has 1 heterocycles. The van der Waals surface area contributed by atoms with Gasteiger partial charge in [-0.2, -0.15) is 5.10 Å². The molecule has 0 radical (unpaired) electrons. The molecule has 21 heavy (non-hydrogen) atoms. The molecule has 1 aliphatic heterocycles. The summed E-state index contributed by atoms with van der Waals surface area (Å²) >= 11 is 0. The largest absolute Gasteiger partial charge is 0.490 e. The molecule has 2 rings (SSSR count). The summed E-state index contributed by atoms with van der Waals surface area (Å²) in [6, 6.07) is 10.0. The van der Waals surface area contributed by atoms with Gasteiger partial charge in [-0.1, -0.05) is 30.3 Å². The fourth-order valence-corrected chi connectivity index (χ4v) is 2.33. The van der Waals surface area contributed by atoms with Gasteiger partial charge < -0.3 is 9.47 Å². The number of benzene rings is 1. The van der Waals surface area contributed by atoms with Crippen molar-refractivity contribution in [2.75, 3.05) is 26.8 Å². The van der Waals surface area contributed by atoms with E-state index in [2.05, 4.69) is 13.8 Å². The first-order valence-electron chi connectivity index (χ1n) is 7.37. The highest BCUT2D eigenvalue weighted by Gasteiger charge is 2.30. The van der Waals surface area contributed by atoms with Crippen LogP contribution in [0.15, 0.2) is 47.1 Å². The van der Waals surface area contributed by atoms with E-state index in [1.165, 1.54) is 0 Å². The lowest BCUT2D eigenvalue weighted by atomic mass is 10.1. The number of ether oxygens (including phenoxy) is 2. The highest BCUT2D eigenvalue weighted by Crippen LogP contribution is 2.25. The van der Waals surface area contributed by atoms with Crippen LogP contribution >= 0.6 is 0 Å². The lowest BCUT2D eigenvalue weighted by molar-refractivity contribution is -0.0536. The molecule has 0 saturated carbocycles. The lowest BCUT2D eigenvalue weighted by Crippen LogP contribution is -2.44. The highest BCUT2D eigenvalue weighted by atomic mass is 16.5. The normalized spacial score (nSPS) is 15.1. The van der Waals surface area contributed by atoms with Gasteiger partial charge in [-0.05, 0) is 20.8 Å². The maximum Gasteiger partial charge on any atom is 0.255 e. The summed E-state index contributed by atoms with van der Waals surface area (Å²) in [6.45, 7) is 8.21. The number of methoxy groups -OCH3 is 1. The molecule has 1 aromatic rings. The number of hydrazine groups is 1. The summed E-state index contributed by atoms with van der Waals surface area (Å²) in [4.78, 5) is 0. The van der Waals surface area contributed by atoms with Crippen molar-refractivity contribution in [3.8, 4) is 0 Å². The number of hydrazone groups is 1. The Morgan fingerprint density at radius 1 is 1.05 bits per heavy atom. The Morgan fingerprint density at radius 2 is 1.76 bits per heavy atom. The summed E-state index contributed by atoms with van der Waals surface area (Å²) in [5.74, 6) is 1.40. The van der Waals surface area contributed by atoms with E-state index in [1.54, 1.807) is 7.11 Å². The topological polar surface area (TPSA) is 37.3 Å². The first-order valence-corrected chi connectivity index (χ1v) is 7.37. The molecular formula is C16H23N3O2. The van der Waals surface area contributed by atoms with Crippen molar-refractivity contribution in [3.05, 3.63) is 47.5 Å². The molecule has 0 N–H and O–H groups in total. The second kappa shape index (κ2) is 7.02. The van der Waals surface area contributed by atoms with Crippen LogP contribution in [0.4, 0.5) is 0 Å². The third kappa shape index (κ3) is 2.96. The van der Waals surface area contributed by atoms with Crippen LogP contribution in [0.1, 0.15) is 26.3 Å². The molecule has 0 aliphatic carbocycles. The van der Waals surface area contributed by atoms with Crippen molar-refractivity contribution in [3.63, 3.8) is 0 Å². The van der Waals surface area contributed by atoms with Crippen LogP contribution in [-0.2, 0) is 9.47 Å². The van der Waals surface area contributed by atoms with Crippen molar-refractivity contribution in [2.24, 2.45) is 5.10 Å². The third-order valence-electron chi connectivity index (χ3n) is 3.25. The lowest BCUT2D eigenvalue weighted by Gasteiger charge is -2.38. The average Bonchev–Trinajstić information content (AvgIpc) is 2.54. The zero-order valence-electron chi connectivity index (χ0n) is 13.2. The maximum atomic E-state index is 5.83. The van der Waals surface area contributed by atoms with Gasteiger partial charge in [0.25, 0.3) is 5.88 Å². The molecule has 114 valence electrons. The molecule has 5 heteroatoms. The van der Waals surface area contributed by atoms with Crippen molar-refractivity contribution in [1.29, 1.82) is 0 Å². The van der Waals surface area contributed by atoms with Crippen LogP contribution in [0.3, 0.4) is 0 Å². The van der Waals surface area contributed by atoms with E-state index in [-0.39, 0.29) is 0 Å². The van der Waals surface area contributed by atoms with E-state index in [0.29, 0.717) is 12.4 Å². The number of rotatable bonds is 6. The summed E-state index contributed by atoms with van der Waals surface area (Å²) in [5, 5.41) is 8.63. The second-order valence-corrected chi connectivity index (χ2v) is 4.49. The Kier molecular flexibility index (Phi) is 5.09. The maximum absolute atomic E-state index is 5.83. The summed E-state index contributed by atoms with van der Waals surface area (Å²) in [5.41, 5.74) is 1.81. The van der Waals surface area contributed by atoms with Crippen molar-refractivity contribution < 1.29 is 9.47 Å². The van der Waals surface area contributed by atoms with Gasteiger partial charge in [0, 0.05) is 12.1 Å². The molecule has 1 aromatic carbocycles. The summed E-state index contributed by atoms with van der Waals surface area (Å²) in [7, 11) is 1.66. The molecule has 0 atom stereocenters. The molecular weight excluding hydrogens is 266 g/mol. The zero-order chi connectivity index (χ0) is 15.2. The average molecular weight is 289 g/mol. The molecule has 0 spiro atoms. The van der Waals surface area contributed by atoms with E-state index < -0.39 is 0 Å². The Bertz CT molecular complexity index is 526. The molecule has 5 nitrogen and oxygen atoms in total. The Morgan fingerprint density at radius 3 is 2.29 bits per heavy atom. The van der Waals surface area contributed by atoms with Gasteiger partial charge >= 0.3 is 0 Å². The molecule has 0 fully saturated rings. The second-order valence-electron chi connectivity index (χ2n) is 4.49. The van der Waals surface area contributed by atoms with Crippen molar-refractivity contribution in [1.82, 2.24) is 10.1 Å². The van der Waals surface area contributed by atoms with Crippen LogP contribution in [-0.4, -0.2) is 42.6 Å². The number of nitrogens with zero attached hydrogens (tertiary/aromatic N) is 3. The van der Waals surface area contributed by atoms with Crippen LogP contribution < -0.4 is 0 Å². The zero-order valence-corrected chi connectivity index (χ0v) is 13.2. The minimum Gasteiger partial charge on any atom is -0.490 e. The van der Waals surface area contributed by atoms with E-state index in [4.69, 9.17) is 14.6 Å². The van der Waals surface area contributed by atoms with Gasteiger partial charge in [0.1, 0.15) is 5.71 Å². The fourth-order valence-electron chi connectivity index (χ4n) is 2.33. The Labute approximate surface area is 126 Å². The van der Waals surface area contributed by atoms with Gasteiger partial charge in [0.15, 0.2) is 0 Å². The van der Waals surface area contributed by atoms with Crippen LogP contribution in [0.25, 0.3) is 0 Å². The molecule has 0 amide bonds. The predicted molar refractivity (Wildman–Crippen MR) is 83.4 cm³/mol. The van der Waals surface area contributed by atoms with Crippen LogP contribution in [0, 0.1) is 0 Å². The van der Waals surface area contributed by atoms with Gasteiger partial charge in [-0.15, -0.1) is 0 Å². The molecule has 0 unspecified atom stereocenters. The molecule has 0 aromatic heterocycles. The first kappa shape index (κ1) is 15.2. The summed E-state index contributed by atoms with van der Waals surface area (Å²) < 4.78 is 11.4. The molecule has 1 aliphatic rings. The van der Waals surface area contributed by atoms with Gasteiger partial charge in [0.05, 0.1) is 20.3 Å². The van der Waals surface area contributed by atoms with E-state index in [1.807, 2.05) is 47.4 Å². The van der Waals surface area contributed by atoms with Gasteiger partial charge in [0.2, 0.25) is 5.76 Å². The standard InChI is InChI=1S/C16H23N3O2/c1-5-18-16(21-7-3)15(20-4)14(17-19(18)6-2)13-11-9-8-10-12-13/h8-12H,5-7H2,1-4H3. The minimum absolute atomic E-state index is 0.582. The predicted octanol–water partition coefficient (Wildman–Crippen LogP) is 2.82. The number of hydrogen-bond acceptors (Lipinski definition) is 5. The number of hydrogen-bond donors (Lipinski definition) is 0. The molecule has 0 saturated heterocycles. The first-order chi connectivity index (χ1) is 10.3. The highest BCUT2D eigenvalue weighted by molar-refractivity contribution is 6.11. The quantitative estimate of drug-likeness (QED) is 0.807. The van der Waals surface area contributed by atoms with Crippen LogP contribution in [0.2, 0.25) is 0 Å². The van der Waals surface area contributed by atoms with Crippen LogP contribution in [0.5, 0.6) is 0 Å². The van der Waals surface area contributed by atoms with Gasteiger partial charge in [-0.3, -0.25) is 0 Å². The van der Waals surface area contributed by atoms with Gasteiger partial charge in [-0.25, -0.2) is 10.1 Å². The minimum atomic E-state index is 0.582. The monoisotopic (exact) mass is 289 g/mol. The van der Waals surface area contributed by atoms with Crippen molar-refractivity contribution >= 4 is 5.71 Å². The fraction of sp³-hybridized carbons (Fsp3) is 0.438. The smallest absolute Gasteiger partial charge is 0.255 e. The van der Waals surface area contributed by atoms with E-state index >= 15 is 0 Å². The summed E-state index contributed by atoms with van der Waals surface area (Å²) in [6.07, 6.45) is 0. The van der Waals surface area contributed by atoms with Crippen molar-refractivity contribution in [2.45, 2.75) is 20.8 Å². The third-order valence-corrected chi connectivity index (χ3v) is 3.25. The Hall–Kier alpha value is -2.17. The molecule has 0 bridgehead atoms.